The number of nitrogens with one attached hydrogen (secondary N) is 1. The first-order valence-corrected chi connectivity index (χ1v) is 6.49. The summed E-state index contributed by atoms with van der Waals surface area (Å²) in [7, 11) is 1.92. The van der Waals surface area contributed by atoms with Crippen molar-refractivity contribution in [1.29, 1.82) is 0 Å². The average molecular weight is 309 g/mol. The fourth-order valence-corrected chi connectivity index (χ4v) is 1.77. The van der Waals surface area contributed by atoms with E-state index in [9.17, 15) is 4.79 Å². The zero-order valence-corrected chi connectivity index (χ0v) is 12.2. The molecule has 0 saturated heterocycles. The molecule has 1 amide bonds. The number of carbonyl (C=O) groups is 1. The van der Waals surface area contributed by atoms with Crippen LogP contribution in [-0.4, -0.2) is 30.4 Å². The van der Waals surface area contributed by atoms with Gasteiger partial charge in [-0.1, -0.05) is 34.0 Å². The molecule has 18 heavy (non-hydrogen) atoms. The minimum atomic E-state index is -0.206. The van der Waals surface area contributed by atoms with Crippen molar-refractivity contribution in [2.24, 2.45) is 0 Å². The molecule has 0 aliphatic carbocycles. The number of nitrogens with zero attached hydrogens (tertiary/aromatic N) is 1. The molecular weight excluding hydrogens is 292 g/mol. The molecule has 96 valence electrons. The Morgan fingerprint density at radius 2 is 2.11 bits per heavy atom. The third kappa shape index (κ3) is 4.52. The molecule has 0 saturated carbocycles. The van der Waals surface area contributed by atoms with Crippen LogP contribution < -0.4 is 5.32 Å². The van der Waals surface area contributed by atoms with Crippen molar-refractivity contribution in [2.45, 2.75) is 19.5 Å². The molecule has 4 heteroatoms. The van der Waals surface area contributed by atoms with Gasteiger partial charge in [0.1, 0.15) is 0 Å². The molecule has 0 aliphatic heterocycles. The van der Waals surface area contributed by atoms with Crippen molar-refractivity contribution in [3.8, 4) is 12.3 Å². The van der Waals surface area contributed by atoms with E-state index in [-0.39, 0.29) is 18.5 Å². The molecule has 1 N–H and O–H groups in total. The van der Waals surface area contributed by atoms with Crippen molar-refractivity contribution in [3.63, 3.8) is 0 Å². The molecular formula is C14H17BrN2O. The standard InChI is InChI=1S/C14H17BrN2O/c1-4-9-16-14(18)11(2)17(3)10-12-5-7-13(15)8-6-12/h1,5-8,11H,9-10H2,2-3H3,(H,16,18). The molecule has 1 aromatic rings. The van der Waals surface area contributed by atoms with Crippen LogP contribution in [0.15, 0.2) is 28.7 Å². The van der Waals surface area contributed by atoms with Crippen LogP contribution in [0.1, 0.15) is 12.5 Å². The Kier molecular flexibility index (Phi) is 5.90. The van der Waals surface area contributed by atoms with Crippen LogP contribution in [0.3, 0.4) is 0 Å². The first-order chi connectivity index (χ1) is 8.54. The van der Waals surface area contributed by atoms with E-state index in [2.05, 4.69) is 27.2 Å². The zero-order chi connectivity index (χ0) is 13.5. The van der Waals surface area contributed by atoms with E-state index in [1.165, 1.54) is 0 Å². The minimum Gasteiger partial charge on any atom is -0.344 e. The summed E-state index contributed by atoms with van der Waals surface area (Å²) >= 11 is 3.40. The quantitative estimate of drug-likeness (QED) is 0.844. The van der Waals surface area contributed by atoms with Crippen molar-refractivity contribution in [2.75, 3.05) is 13.6 Å². The van der Waals surface area contributed by atoms with Gasteiger partial charge >= 0.3 is 0 Å². The van der Waals surface area contributed by atoms with E-state index in [1.54, 1.807) is 0 Å². The average Bonchev–Trinajstić information content (AvgIpc) is 2.37. The van der Waals surface area contributed by atoms with E-state index in [0.29, 0.717) is 0 Å². The van der Waals surface area contributed by atoms with Gasteiger partial charge in [-0.2, -0.15) is 0 Å². The number of terminal acetylenes is 1. The number of benzene rings is 1. The summed E-state index contributed by atoms with van der Waals surface area (Å²) in [6.45, 7) is 2.86. The van der Waals surface area contributed by atoms with Gasteiger partial charge in [0, 0.05) is 11.0 Å². The molecule has 0 aromatic heterocycles. The second-order valence-corrected chi connectivity index (χ2v) is 5.06. The fourth-order valence-electron chi connectivity index (χ4n) is 1.50. The topological polar surface area (TPSA) is 32.3 Å². The number of hydrogen-bond donors (Lipinski definition) is 1. The third-order valence-electron chi connectivity index (χ3n) is 2.75. The molecule has 0 bridgehead atoms. The monoisotopic (exact) mass is 308 g/mol. The van der Waals surface area contributed by atoms with Gasteiger partial charge in [-0.15, -0.1) is 6.42 Å². The molecule has 0 spiro atoms. The second-order valence-electron chi connectivity index (χ2n) is 4.14. The number of rotatable bonds is 5. The van der Waals surface area contributed by atoms with Gasteiger partial charge < -0.3 is 5.32 Å². The Bertz CT molecular complexity index is 436. The lowest BCUT2D eigenvalue weighted by atomic mass is 10.2. The molecule has 0 fully saturated rings. The van der Waals surface area contributed by atoms with Crippen LogP contribution in [0.2, 0.25) is 0 Å². The molecule has 1 atom stereocenters. The maximum atomic E-state index is 11.7. The van der Waals surface area contributed by atoms with Crippen LogP contribution >= 0.6 is 15.9 Å². The summed E-state index contributed by atoms with van der Waals surface area (Å²) in [5.74, 6) is 2.34. The van der Waals surface area contributed by atoms with Crippen molar-refractivity contribution in [1.82, 2.24) is 10.2 Å². The molecule has 1 aromatic carbocycles. The Morgan fingerprint density at radius 1 is 1.50 bits per heavy atom. The summed E-state index contributed by atoms with van der Waals surface area (Å²) < 4.78 is 1.05. The number of hydrogen-bond acceptors (Lipinski definition) is 2. The molecule has 1 rings (SSSR count). The molecule has 0 heterocycles. The predicted octanol–water partition coefficient (Wildman–Crippen LogP) is 2.02. The van der Waals surface area contributed by atoms with Crippen LogP contribution in [0.4, 0.5) is 0 Å². The van der Waals surface area contributed by atoms with Crippen LogP contribution in [0, 0.1) is 12.3 Å². The number of halogens is 1. The van der Waals surface area contributed by atoms with Gasteiger partial charge in [-0.05, 0) is 31.7 Å². The first kappa shape index (κ1) is 14.7. The Hall–Kier alpha value is -1.31. The molecule has 0 aliphatic rings. The van der Waals surface area contributed by atoms with Crippen molar-refractivity contribution in [3.05, 3.63) is 34.3 Å². The number of likely N-dealkylation sites (N-methyl/N-ethyl adjacent to an activating group) is 1. The highest BCUT2D eigenvalue weighted by Gasteiger charge is 2.17. The van der Waals surface area contributed by atoms with Gasteiger partial charge in [0.25, 0.3) is 0 Å². The van der Waals surface area contributed by atoms with E-state index in [1.807, 2.05) is 43.1 Å². The van der Waals surface area contributed by atoms with Gasteiger partial charge in [-0.25, -0.2) is 0 Å². The van der Waals surface area contributed by atoms with E-state index in [0.717, 1.165) is 16.6 Å². The first-order valence-electron chi connectivity index (χ1n) is 5.70. The number of carbonyl (C=O) groups excluding carboxylic acids is 1. The predicted molar refractivity (Wildman–Crippen MR) is 76.9 cm³/mol. The highest BCUT2D eigenvalue weighted by molar-refractivity contribution is 9.10. The fraction of sp³-hybridized carbons (Fsp3) is 0.357. The van der Waals surface area contributed by atoms with E-state index < -0.39 is 0 Å². The van der Waals surface area contributed by atoms with Gasteiger partial charge in [-0.3, -0.25) is 9.69 Å². The Labute approximate surface area is 117 Å². The maximum Gasteiger partial charge on any atom is 0.237 e. The van der Waals surface area contributed by atoms with Crippen molar-refractivity contribution < 1.29 is 4.79 Å². The van der Waals surface area contributed by atoms with Crippen molar-refractivity contribution >= 4 is 21.8 Å². The minimum absolute atomic E-state index is 0.0486. The smallest absolute Gasteiger partial charge is 0.237 e. The molecule has 1 unspecified atom stereocenters. The lowest BCUT2D eigenvalue weighted by Crippen LogP contribution is -2.42. The van der Waals surface area contributed by atoms with Crippen LogP contribution in [-0.2, 0) is 11.3 Å². The van der Waals surface area contributed by atoms with Gasteiger partial charge in [0.2, 0.25) is 5.91 Å². The number of amides is 1. The maximum absolute atomic E-state index is 11.7. The molecule has 0 radical (unpaired) electrons. The Morgan fingerprint density at radius 3 is 2.67 bits per heavy atom. The highest BCUT2D eigenvalue weighted by Crippen LogP contribution is 2.12. The third-order valence-corrected chi connectivity index (χ3v) is 3.28. The second kappa shape index (κ2) is 7.20. The van der Waals surface area contributed by atoms with Crippen LogP contribution in [0.5, 0.6) is 0 Å². The lowest BCUT2D eigenvalue weighted by Gasteiger charge is -2.23. The van der Waals surface area contributed by atoms with E-state index in [4.69, 9.17) is 6.42 Å². The van der Waals surface area contributed by atoms with Gasteiger partial charge in [0.05, 0.1) is 12.6 Å². The summed E-state index contributed by atoms with van der Waals surface area (Å²) in [6, 6.07) is 7.85. The normalized spacial score (nSPS) is 11.9. The van der Waals surface area contributed by atoms with Crippen LogP contribution in [0.25, 0.3) is 0 Å². The summed E-state index contributed by atoms with van der Waals surface area (Å²) in [6.07, 6.45) is 5.11. The summed E-state index contributed by atoms with van der Waals surface area (Å²) in [5.41, 5.74) is 1.16. The molecule has 3 nitrogen and oxygen atoms in total. The SMILES string of the molecule is C#CCNC(=O)C(C)N(C)Cc1ccc(Br)cc1. The van der Waals surface area contributed by atoms with E-state index >= 15 is 0 Å². The summed E-state index contributed by atoms with van der Waals surface area (Å²) in [4.78, 5) is 13.7. The largest absolute Gasteiger partial charge is 0.344 e. The zero-order valence-electron chi connectivity index (χ0n) is 10.6. The van der Waals surface area contributed by atoms with Gasteiger partial charge in [0.15, 0.2) is 0 Å². The highest BCUT2D eigenvalue weighted by atomic mass is 79.9. The Balaban J connectivity index is 2.54. The summed E-state index contributed by atoms with van der Waals surface area (Å²) in [5, 5.41) is 2.68. The lowest BCUT2D eigenvalue weighted by molar-refractivity contribution is -0.125.